The van der Waals surface area contributed by atoms with Gasteiger partial charge < -0.3 is 4.18 Å². The largest absolute Gasteiger partial charge is 0.375 e. The number of hydrogen-bond acceptors (Lipinski definition) is 4. The normalized spacial score (nSPS) is 11.6. The smallest absolute Gasteiger partial charge is 0.339 e. The Balaban J connectivity index is 2.13. The standard InChI is InChI=1S/C15H8Br2ClNO3S/c16-12-8-13(17)15(14-11(12)2-1-7-19-14)22-23(20,21)10-5-3-9(18)4-6-10/h1-8H. The van der Waals surface area contributed by atoms with Gasteiger partial charge in [0.2, 0.25) is 0 Å². The van der Waals surface area contributed by atoms with Gasteiger partial charge >= 0.3 is 10.1 Å². The summed E-state index contributed by atoms with van der Waals surface area (Å²) in [6, 6.07) is 11.1. The van der Waals surface area contributed by atoms with Crippen LogP contribution in [0.4, 0.5) is 0 Å². The van der Waals surface area contributed by atoms with Gasteiger partial charge in [0, 0.05) is 21.1 Å². The van der Waals surface area contributed by atoms with Gasteiger partial charge in [-0.2, -0.15) is 8.42 Å². The highest BCUT2D eigenvalue weighted by Gasteiger charge is 2.21. The highest BCUT2D eigenvalue weighted by molar-refractivity contribution is 9.11. The SMILES string of the molecule is O=S(=O)(Oc1c(Br)cc(Br)c2cccnc12)c1ccc(Cl)cc1. The summed E-state index contributed by atoms with van der Waals surface area (Å²) in [5.41, 5.74) is 0.436. The number of pyridine rings is 1. The summed E-state index contributed by atoms with van der Waals surface area (Å²) in [4.78, 5) is 4.24. The van der Waals surface area contributed by atoms with Gasteiger partial charge in [-0.05, 0) is 52.3 Å². The van der Waals surface area contributed by atoms with Gasteiger partial charge in [-0.1, -0.05) is 33.6 Å². The molecule has 0 radical (unpaired) electrons. The molecule has 0 saturated heterocycles. The Kier molecular flexibility index (Phi) is 4.64. The van der Waals surface area contributed by atoms with Crippen LogP contribution in [0.1, 0.15) is 0 Å². The zero-order valence-electron chi connectivity index (χ0n) is 11.3. The Morgan fingerprint density at radius 1 is 1.04 bits per heavy atom. The van der Waals surface area contributed by atoms with E-state index in [0.717, 1.165) is 9.86 Å². The Morgan fingerprint density at radius 3 is 2.43 bits per heavy atom. The van der Waals surface area contributed by atoms with Gasteiger partial charge in [0.1, 0.15) is 10.4 Å². The van der Waals surface area contributed by atoms with Crippen LogP contribution in [0.5, 0.6) is 5.75 Å². The van der Waals surface area contributed by atoms with E-state index in [0.29, 0.717) is 15.0 Å². The first kappa shape index (κ1) is 16.7. The van der Waals surface area contributed by atoms with Crippen LogP contribution in [0.2, 0.25) is 5.02 Å². The molecular weight excluding hydrogens is 469 g/mol. The van der Waals surface area contributed by atoms with Crippen molar-refractivity contribution in [3.63, 3.8) is 0 Å². The van der Waals surface area contributed by atoms with Crippen LogP contribution >= 0.6 is 43.5 Å². The molecule has 23 heavy (non-hydrogen) atoms. The number of hydrogen-bond donors (Lipinski definition) is 0. The summed E-state index contributed by atoms with van der Waals surface area (Å²) in [5.74, 6) is 0.138. The molecule has 0 atom stereocenters. The van der Waals surface area contributed by atoms with Gasteiger partial charge in [-0.3, -0.25) is 4.98 Å². The molecule has 0 amide bonds. The lowest BCUT2D eigenvalue weighted by Gasteiger charge is -2.12. The summed E-state index contributed by atoms with van der Waals surface area (Å²) < 4.78 is 31.5. The Morgan fingerprint density at radius 2 is 1.74 bits per heavy atom. The summed E-state index contributed by atoms with van der Waals surface area (Å²) in [6.45, 7) is 0. The maximum atomic E-state index is 12.5. The van der Waals surface area contributed by atoms with Crippen LogP contribution in [-0.4, -0.2) is 13.4 Å². The van der Waals surface area contributed by atoms with E-state index in [9.17, 15) is 8.42 Å². The number of nitrogens with zero attached hydrogens (tertiary/aromatic N) is 1. The summed E-state index contributed by atoms with van der Waals surface area (Å²) in [7, 11) is -4.00. The maximum absolute atomic E-state index is 12.5. The molecule has 0 fully saturated rings. The third-order valence-electron chi connectivity index (χ3n) is 3.05. The van der Waals surface area contributed by atoms with Gasteiger partial charge in [0.05, 0.1) is 4.47 Å². The van der Waals surface area contributed by atoms with E-state index in [1.807, 2.05) is 6.07 Å². The van der Waals surface area contributed by atoms with Gasteiger partial charge in [0.25, 0.3) is 0 Å². The molecule has 3 aromatic rings. The molecule has 3 rings (SSSR count). The molecule has 8 heteroatoms. The second-order valence-corrected chi connectivity index (χ2v) is 8.25. The fraction of sp³-hybridized carbons (Fsp3) is 0. The van der Waals surface area contributed by atoms with Gasteiger partial charge in [-0.15, -0.1) is 0 Å². The van der Waals surface area contributed by atoms with Crippen molar-refractivity contribution >= 4 is 64.5 Å². The Bertz CT molecular complexity index is 992. The minimum Gasteiger partial charge on any atom is -0.375 e. The van der Waals surface area contributed by atoms with Gasteiger partial charge in [0.15, 0.2) is 5.75 Å². The molecule has 4 nitrogen and oxygen atoms in total. The number of rotatable bonds is 3. The molecule has 118 valence electrons. The summed E-state index contributed by atoms with van der Waals surface area (Å²) >= 11 is 12.5. The van der Waals surface area contributed by atoms with Crippen molar-refractivity contribution in [2.45, 2.75) is 4.90 Å². The van der Waals surface area contributed by atoms with E-state index >= 15 is 0 Å². The van der Waals surface area contributed by atoms with Crippen LogP contribution in [0, 0.1) is 0 Å². The minimum absolute atomic E-state index is 0.0146. The lowest BCUT2D eigenvalue weighted by molar-refractivity contribution is 0.486. The Hall–Kier alpha value is -1.15. The monoisotopic (exact) mass is 475 g/mol. The molecular formula is C15H8Br2ClNO3S. The predicted molar refractivity (Wildman–Crippen MR) is 96.4 cm³/mol. The highest BCUT2D eigenvalue weighted by atomic mass is 79.9. The van der Waals surface area contributed by atoms with Crippen LogP contribution in [0.15, 0.2) is 62.5 Å². The molecule has 0 saturated carbocycles. The van der Waals surface area contributed by atoms with E-state index in [1.165, 1.54) is 24.3 Å². The van der Waals surface area contributed by atoms with Crippen LogP contribution < -0.4 is 4.18 Å². The van der Waals surface area contributed by atoms with Crippen molar-refractivity contribution in [2.75, 3.05) is 0 Å². The topological polar surface area (TPSA) is 56.3 Å². The van der Waals surface area contributed by atoms with E-state index in [1.54, 1.807) is 18.3 Å². The fourth-order valence-corrected chi connectivity index (χ4v) is 4.53. The van der Waals surface area contributed by atoms with Crippen LogP contribution in [0.3, 0.4) is 0 Å². The zero-order chi connectivity index (χ0) is 16.6. The first-order chi connectivity index (χ1) is 10.9. The van der Waals surface area contributed by atoms with Crippen molar-refractivity contribution in [3.05, 3.63) is 62.6 Å². The first-order valence-electron chi connectivity index (χ1n) is 6.31. The molecule has 0 aliphatic carbocycles. The Labute approximate surface area is 154 Å². The van der Waals surface area contributed by atoms with E-state index in [4.69, 9.17) is 15.8 Å². The van der Waals surface area contributed by atoms with Crippen molar-refractivity contribution < 1.29 is 12.6 Å². The number of aromatic nitrogens is 1. The molecule has 0 bridgehead atoms. The van der Waals surface area contributed by atoms with Crippen LogP contribution in [0.25, 0.3) is 10.9 Å². The maximum Gasteiger partial charge on any atom is 0.339 e. The minimum atomic E-state index is -4.00. The molecule has 0 aliphatic heterocycles. The molecule has 0 aliphatic rings. The molecule has 0 N–H and O–H groups in total. The average molecular weight is 478 g/mol. The van der Waals surface area contributed by atoms with E-state index in [-0.39, 0.29) is 10.6 Å². The highest BCUT2D eigenvalue weighted by Crippen LogP contribution is 2.38. The van der Waals surface area contributed by atoms with Crippen molar-refractivity contribution in [1.29, 1.82) is 0 Å². The third-order valence-corrected chi connectivity index (χ3v) is 5.78. The molecule has 1 heterocycles. The quantitative estimate of drug-likeness (QED) is 0.488. The molecule has 0 unspecified atom stereocenters. The third kappa shape index (κ3) is 3.38. The lowest BCUT2D eigenvalue weighted by atomic mass is 10.2. The average Bonchev–Trinajstić information content (AvgIpc) is 2.52. The molecule has 1 aromatic heterocycles. The lowest BCUT2D eigenvalue weighted by Crippen LogP contribution is -2.10. The first-order valence-corrected chi connectivity index (χ1v) is 9.68. The van der Waals surface area contributed by atoms with E-state index in [2.05, 4.69) is 36.8 Å². The number of benzene rings is 2. The second kappa shape index (κ2) is 6.39. The predicted octanol–water partition coefficient (Wildman–Crippen LogP) is 5.18. The van der Waals surface area contributed by atoms with Gasteiger partial charge in [-0.25, -0.2) is 0 Å². The van der Waals surface area contributed by atoms with Crippen molar-refractivity contribution in [2.24, 2.45) is 0 Å². The molecule has 2 aromatic carbocycles. The van der Waals surface area contributed by atoms with E-state index < -0.39 is 10.1 Å². The number of halogens is 3. The van der Waals surface area contributed by atoms with Crippen molar-refractivity contribution in [1.82, 2.24) is 4.98 Å². The van der Waals surface area contributed by atoms with Crippen LogP contribution in [-0.2, 0) is 10.1 Å². The summed E-state index contributed by atoms with van der Waals surface area (Å²) in [5, 5.41) is 1.19. The summed E-state index contributed by atoms with van der Waals surface area (Å²) in [6.07, 6.45) is 1.57. The zero-order valence-corrected chi connectivity index (χ0v) is 16.1. The second-order valence-electron chi connectivity index (χ2n) is 4.56. The molecule has 0 spiro atoms. The fourth-order valence-electron chi connectivity index (χ4n) is 1.98. The number of fused-ring (bicyclic) bond motifs is 1. The van der Waals surface area contributed by atoms with Crippen molar-refractivity contribution in [3.8, 4) is 5.75 Å².